The first-order valence-corrected chi connectivity index (χ1v) is 10.5. The second kappa shape index (κ2) is 8.16. The number of benzene rings is 1. The number of para-hydroxylation sites is 1. The predicted octanol–water partition coefficient (Wildman–Crippen LogP) is 4.18. The van der Waals surface area contributed by atoms with E-state index in [0.29, 0.717) is 17.0 Å². The molecule has 0 bridgehead atoms. The summed E-state index contributed by atoms with van der Waals surface area (Å²) in [5, 5.41) is 12.3. The van der Waals surface area contributed by atoms with Crippen LogP contribution in [0.25, 0.3) is 16.3 Å². The fourth-order valence-electron chi connectivity index (χ4n) is 3.39. The van der Waals surface area contributed by atoms with Crippen LogP contribution in [0.15, 0.2) is 65.3 Å². The second-order valence-electron chi connectivity index (χ2n) is 7.21. The molecule has 0 spiro atoms. The third kappa shape index (κ3) is 3.86. The molecule has 30 heavy (non-hydrogen) atoms. The van der Waals surface area contributed by atoms with Crippen molar-refractivity contribution in [2.24, 2.45) is 0 Å². The molecule has 0 saturated heterocycles. The Bertz CT molecular complexity index is 1100. The molecule has 0 aliphatic carbocycles. The number of ether oxygens (including phenoxy) is 1. The first kappa shape index (κ1) is 19.9. The van der Waals surface area contributed by atoms with E-state index in [9.17, 15) is 9.59 Å². The first-order chi connectivity index (χ1) is 14.4. The minimum atomic E-state index is -0.681. The highest BCUT2D eigenvalue weighted by Gasteiger charge is 2.35. The average Bonchev–Trinajstić information content (AvgIpc) is 3.37. The van der Waals surface area contributed by atoms with Crippen molar-refractivity contribution in [3.05, 3.63) is 70.9 Å². The number of urea groups is 1. The van der Waals surface area contributed by atoms with Gasteiger partial charge in [0.05, 0.1) is 28.3 Å². The van der Waals surface area contributed by atoms with Crippen LogP contribution in [0.1, 0.15) is 32.4 Å². The first-order valence-electron chi connectivity index (χ1n) is 9.62. The van der Waals surface area contributed by atoms with Crippen LogP contribution >= 0.6 is 11.3 Å². The van der Waals surface area contributed by atoms with E-state index in [0.717, 1.165) is 16.1 Å². The number of aromatic nitrogens is 2. The van der Waals surface area contributed by atoms with Crippen LogP contribution in [-0.2, 0) is 9.53 Å². The minimum absolute atomic E-state index is 0.278. The number of carbonyl (C=O) groups is 2. The van der Waals surface area contributed by atoms with Gasteiger partial charge in [-0.2, -0.15) is 5.10 Å². The lowest BCUT2D eigenvalue weighted by atomic mass is 9.95. The van der Waals surface area contributed by atoms with Crippen LogP contribution in [-0.4, -0.2) is 27.9 Å². The van der Waals surface area contributed by atoms with Crippen molar-refractivity contribution in [2.75, 3.05) is 0 Å². The van der Waals surface area contributed by atoms with Gasteiger partial charge < -0.3 is 15.4 Å². The molecule has 2 amide bonds. The molecule has 2 N–H and O–H groups in total. The summed E-state index contributed by atoms with van der Waals surface area (Å²) >= 11 is 1.55. The second-order valence-corrected chi connectivity index (χ2v) is 8.16. The zero-order valence-corrected chi connectivity index (χ0v) is 17.7. The number of hydrogen-bond donors (Lipinski definition) is 2. The largest absolute Gasteiger partial charge is 0.459 e. The predicted molar refractivity (Wildman–Crippen MR) is 115 cm³/mol. The lowest BCUT2D eigenvalue weighted by molar-refractivity contribution is -0.143. The Kier molecular flexibility index (Phi) is 5.41. The minimum Gasteiger partial charge on any atom is -0.459 e. The van der Waals surface area contributed by atoms with Gasteiger partial charge in [-0.1, -0.05) is 24.3 Å². The Labute approximate surface area is 178 Å². The van der Waals surface area contributed by atoms with Gasteiger partial charge in [-0.3, -0.25) is 0 Å². The van der Waals surface area contributed by atoms with Crippen molar-refractivity contribution in [2.45, 2.75) is 32.9 Å². The molecule has 1 atom stereocenters. The SMILES string of the molecule is CC1=C(C(=O)OC(C)C)[C@H](c2cn(-c3ccccc3)nc2-c2cccs2)NC(=O)N1. The van der Waals surface area contributed by atoms with Gasteiger partial charge in [-0.05, 0) is 44.4 Å². The number of nitrogens with one attached hydrogen (secondary N) is 2. The highest BCUT2D eigenvalue weighted by atomic mass is 32.1. The van der Waals surface area contributed by atoms with E-state index in [4.69, 9.17) is 9.84 Å². The molecular formula is C22H22N4O3S. The molecule has 154 valence electrons. The summed E-state index contributed by atoms with van der Waals surface area (Å²) < 4.78 is 7.22. The van der Waals surface area contributed by atoms with E-state index in [1.54, 1.807) is 36.8 Å². The average molecular weight is 423 g/mol. The van der Waals surface area contributed by atoms with Gasteiger partial charge in [0.25, 0.3) is 0 Å². The molecule has 0 saturated carbocycles. The van der Waals surface area contributed by atoms with E-state index in [2.05, 4.69) is 10.6 Å². The Hall–Kier alpha value is -3.39. The topological polar surface area (TPSA) is 85.2 Å². The zero-order chi connectivity index (χ0) is 21.3. The lowest BCUT2D eigenvalue weighted by Crippen LogP contribution is -2.45. The molecular weight excluding hydrogens is 400 g/mol. The maximum Gasteiger partial charge on any atom is 0.338 e. The summed E-state index contributed by atoms with van der Waals surface area (Å²) in [5.41, 5.74) is 3.16. The normalized spacial score (nSPS) is 16.4. The highest BCUT2D eigenvalue weighted by Crippen LogP contribution is 2.36. The summed E-state index contributed by atoms with van der Waals surface area (Å²) in [4.78, 5) is 26.1. The molecule has 2 aromatic heterocycles. The molecule has 1 aliphatic heterocycles. The molecule has 0 unspecified atom stereocenters. The molecule has 3 aromatic rings. The van der Waals surface area contributed by atoms with E-state index >= 15 is 0 Å². The standard InChI is InChI=1S/C22H22N4O3S/c1-13(2)29-21(27)18-14(3)23-22(28)24-20(18)16-12-26(15-8-5-4-6-9-15)25-19(16)17-10-7-11-30-17/h4-13,20H,1-3H3,(H2,23,24,28)/t20-/m0/s1. The van der Waals surface area contributed by atoms with Gasteiger partial charge in [-0.15, -0.1) is 11.3 Å². The van der Waals surface area contributed by atoms with Crippen molar-refractivity contribution >= 4 is 23.3 Å². The highest BCUT2D eigenvalue weighted by molar-refractivity contribution is 7.13. The van der Waals surface area contributed by atoms with Gasteiger partial charge in [-0.25, -0.2) is 14.3 Å². The number of hydrogen-bond acceptors (Lipinski definition) is 5. The van der Waals surface area contributed by atoms with Gasteiger partial charge in [0.1, 0.15) is 5.69 Å². The van der Waals surface area contributed by atoms with Gasteiger partial charge in [0.2, 0.25) is 0 Å². The van der Waals surface area contributed by atoms with Gasteiger partial charge in [0.15, 0.2) is 0 Å². The molecule has 4 rings (SSSR count). The summed E-state index contributed by atoms with van der Waals surface area (Å²) in [6, 6.07) is 12.6. The Morgan fingerprint density at radius 3 is 2.63 bits per heavy atom. The number of thiophene rings is 1. The quantitative estimate of drug-likeness (QED) is 0.604. The molecule has 1 aliphatic rings. The maximum atomic E-state index is 12.9. The monoisotopic (exact) mass is 422 g/mol. The summed E-state index contributed by atoms with van der Waals surface area (Å²) in [5.74, 6) is -0.468. The number of nitrogens with zero attached hydrogens (tertiary/aromatic N) is 2. The Morgan fingerprint density at radius 2 is 1.97 bits per heavy atom. The summed E-state index contributed by atoms with van der Waals surface area (Å²) in [6.07, 6.45) is 1.58. The van der Waals surface area contributed by atoms with Crippen molar-refractivity contribution in [1.82, 2.24) is 20.4 Å². The van der Waals surface area contributed by atoms with Crippen LogP contribution in [0.4, 0.5) is 4.79 Å². The number of rotatable bonds is 5. The summed E-state index contributed by atoms with van der Waals surface area (Å²) in [7, 11) is 0. The van der Waals surface area contributed by atoms with Crippen LogP contribution < -0.4 is 10.6 Å². The van der Waals surface area contributed by atoms with Crippen molar-refractivity contribution in [1.29, 1.82) is 0 Å². The third-order valence-corrected chi connectivity index (χ3v) is 5.54. The van der Waals surface area contributed by atoms with Gasteiger partial charge >= 0.3 is 12.0 Å². The number of carbonyl (C=O) groups excluding carboxylic acids is 2. The van der Waals surface area contributed by atoms with Crippen molar-refractivity contribution < 1.29 is 14.3 Å². The zero-order valence-electron chi connectivity index (χ0n) is 16.9. The van der Waals surface area contributed by atoms with Crippen molar-refractivity contribution in [3.63, 3.8) is 0 Å². The fourth-order valence-corrected chi connectivity index (χ4v) is 4.12. The van der Waals surface area contributed by atoms with Crippen LogP contribution in [0, 0.1) is 0 Å². The number of amides is 2. The Morgan fingerprint density at radius 1 is 1.20 bits per heavy atom. The molecule has 8 heteroatoms. The third-order valence-electron chi connectivity index (χ3n) is 4.66. The van der Waals surface area contributed by atoms with Crippen LogP contribution in [0.3, 0.4) is 0 Å². The fraction of sp³-hybridized carbons (Fsp3) is 0.227. The van der Waals surface area contributed by atoms with E-state index in [-0.39, 0.29) is 12.1 Å². The maximum absolute atomic E-state index is 12.9. The van der Waals surface area contributed by atoms with Crippen molar-refractivity contribution in [3.8, 4) is 16.3 Å². The van der Waals surface area contributed by atoms with Crippen LogP contribution in [0.5, 0.6) is 0 Å². The van der Waals surface area contributed by atoms with E-state index < -0.39 is 12.0 Å². The lowest BCUT2D eigenvalue weighted by Gasteiger charge is -2.28. The van der Waals surface area contributed by atoms with E-state index in [1.807, 2.05) is 54.0 Å². The molecule has 0 fully saturated rings. The van der Waals surface area contributed by atoms with Crippen LogP contribution in [0.2, 0.25) is 0 Å². The number of allylic oxidation sites excluding steroid dienone is 1. The summed E-state index contributed by atoms with van der Waals surface area (Å²) in [6.45, 7) is 5.29. The molecule has 1 aromatic carbocycles. The smallest absolute Gasteiger partial charge is 0.338 e. The van der Waals surface area contributed by atoms with Gasteiger partial charge in [0, 0.05) is 17.5 Å². The molecule has 0 radical (unpaired) electrons. The van der Waals surface area contributed by atoms with E-state index in [1.165, 1.54) is 0 Å². The Balaban J connectivity index is 1.86. The molecule has 7 nitrogen and oxygen atoms in total. The molecule has 3 heterocycles. The number of esters is 1.